The first-order valence-electron chi connectivity index (χ1n) is 7.89. The predicted molar refractivity (Wildman–Crippen MR) is 89.6 cm³/mol. The number of nitriles is 1. The molecule has 1 heterocycles. The Bertz CT molecular complexity index is 765. The lowest BCUT2D eigenvalue weighted by molar-refractivity contribution is -0.117. The Hall–Kier alpha value is -2.84. The largest absolute Gasteiger partial charge is 0.490 e. The molecule has 1 atom stereocenters. The molecule has 1 unspecified atom stereocenters. The van der Waals surface area contributed by atoms with E-state index in [1.54, 1.807) is 35.2 Å². The molecule has 24 heavy (non-hydrogen) atoms. The zero-order valence-electron chi connectivity index (χ0n) is 13.2. The summed E-state index contributed by atoms with van der Waals surface area (Å²) in [5.41, 5.74) is 2.07. The molecule has 1 fully saturated rings. The Morgan fingerprint density at radius 3 is 2.71 bits per heavy atom. The van der Waals surface area contributed by atoms with Crippen LogP contribution in [0.5, 0.6) is 5.75 Å². The van der Waals surface area contributed by atoms with Gasteiger partial charge in [-0.25, -0.2) is 0 Å². The minimum absolute atomic E-state index is 0.100. The summed E-state index contributed by atoms with van der Waals surface area (Å²) < 4.78 is 5.66. The Kier molecular flexibility index (Phi) is 4.78. The maximum Gasteiger partial charge on any atom is 0.227 e. The van der Waals surface area contributed by atoms with Gasteiger partial charge in [-0.15, -0.1) is 0 Å². The summed E-state index contributed by atoms with van der Waals surface area (Å²) in [4.78, 5) is 13.6. The monoisotopic (exact) mass is 322 g/mol. The van der Waals surface area contributed by atoms with Crippen LogP contribution in [0.2, 0.25) is 0 Å². The molecular weight excluding hydrogens is 304 g/mol. The van der Waals surface area contributed by atoms with Gasteiger partial charge in [0.15, 0.2) is 0 Å². The molecule has 2 aromatic rings. The topological polar surface area (TPSA) is 73.6 Å². The van der Waals surface area contributed by atoms with Gasteiger partial charge in [0.25, 0.3) is 0 Å². The lowest BCUT2D eigenvalue weighted by Gasteiger charge is -2.17. The molecule has 5 nitrogen and oxygen atoms in total. The van der Waals surface area contributed by atoms with Crippen LogP contribution < -0.4 is 9.64 Å². The van der Waals surface area contributed by atoms with Crippen molar-refractivity contribution in [3.8, 4) is 11.8 Å². The highest BCUT2D eigenvalue weighted by Crippen LogP contribution is 2.26. The van der Waals surface area contributed by atoms with Gasteiger partial charge in [0.2, 0.25) is 5.91 Å². The van der Waals surface area contributed by atoms with Crippen LogP contribution in [0.3, 0.4) is 0 Å². The van der Waals surface area contributed by atoms with Crippen molar-refractivity contribution in [1.82, 2.24) is 0 Å². The van der Waals surface area contributed by atoms with E-state index in [0.29, 0.717) is 23.3 Å². The van der Waals surface area contributed by atoms with Gasteiger partial charge in [-0.2, -0.15) is 5.26 Å². The number of carbonyl (C=O) groups excluding carboxylic acids is 1. The summed E-state index contributed by atoms with van der Waals surface area (Å²) in [6.45, 7) is 0.833. The first kappa shape index (κ1) is 16.0. The van der Waals surface area contributed by atoms with E-state index in [1.165, 1.54) is 0 Å². The number of aliphatic hydroxyl groups excluding tert-OH is 1. The normalized spacial score (nSPS) is 15.2. The van der Waals surface area contributed by atoms with E-state index in [9.17, 15) is 9.90 Å². The van der Waals surface area contributed by atoms with Crippen molar-refractivity contribution in [2.45, 2.75) is 18.9 Å². The first-order chi connectivity index (χ1) is 11.7. The number of hydrogen-bond acceptors (Lipinski definition) is 4. The van der Waals surface area contributed by atoms with Gasteiger partial charge in [0, 0.05) is 24.7 Å². The minimum atomic E-state index is -0.783. The average Bonchev–Trinajstić information content (AvgIpc) is 3.06. The molecule has 1 aliphatic rings. The summed E-state index contributed by atoms with van der Waals surface area (Å²) >= 11 is 0. The molecule has 3 rings (SSSR count). The SMILES string of the molecule is N#Cc1ccc(C(O)COc2cccc(N3CCCC3=O)c2)cc1. The number of hydrogen-bond donors (Lipinski definition) is 1. The number of nitrogens with zero attached hydrogens (tertiary/aromatic N) is 2. The number of rotatable bonds is 5. The third kappa shape index (κ3) is 3.55. The first-order valence-corrected chi connectivity index (χ1v) is 7.89. The highest BCUT2D eigenvalue weighted by molar-refractivity contribution is 5.95. The Morgan fingerprint density at radius 2 is 2.04 bits per heavy atom. The predicted octanol–water partition coefficient (Wildman–Crippen LogP) is 2.80. The van der Waals surface area contributed by atoms with E-state index in [0.717, 1.165) is 18.7 Å². The second-order valence-electron chi connectivity index (χ2n) is 5.71. The fraction of sp³-hybridized carbons (Fsp3) is 0.263. The van der Waals surface area contributed by atoms with Crippen LogP contribution in [0.1, 0.15) is 30.1 Å². The van der Waals surface area contributed by atoms with Crippen LogP contribution in [-0.2, 0) is 4.79 Å². The van der Waals surface area contributed by atoms with Crippen molar-refractivity contribution in [3.63, 3.8) is 0 Å². The fourth-order valence-corrected chi connectivity index (χ4v) is 2.71. The van der Waals surface area contributed by atoms with Crippen LogP contribution in [-0.4, -0.2) is 24.2 Å². The molecule has 1 aliphatic heterocycles. The number of amides is 1. The molecule has 0 aromatic heterocycles. The average molecular weight is 322 g/mol. The second-order valence-corrected chi connectivity index (χ2v) is 5.71. The van der Waals surface area contributed by atoms with Crippen molar-refractivity contribution in [3.05, 3.63) is 59.7 Å². The van der Waals surface area contributed by atoms with Gasteiger partial charge in [0.05, 0.1) is 11.6 Å². The summed E-state index contributed by atoms with van der Waals surface area (Å²) in [7, 11) is 0. The molecule has 0 saturated carbocycles. The van der Waals surface area contributed by atoms with Crippen LogP contribution in [0, 0.1) is 11.3 Å². The van der Waals surface area contributed by atoms with Crippen LogP contribution in [0.4, 0.5) is 5.69 Å². The molecule has 0 bridgehead atoms. The van der Waals surface area contributed by atoms with Crippen LogP contribution in [0.15, 0.2) is 48.5 Å². The molecule has 2 aromatic carbocycles. The second kappa shape index (κ2) is 7.16. The van der Waals surface area contributed by atoms with Gasteiger partial charge < -0.3 is 14.7 Å². The lowest BCUT2D eigenvalue weighted by atomic mass is 10.1. The maximum absolute atomic E-state index is 11.8. The molecule has 0 aliphatic carbocycles. The van der Waals surface area contributed by atoms with E-state index < -0.39 is 6.10 Å². The Balaban J connectivity index is 1.63. The maximum atomic E-state index is 11.8. The van der Waals surface area contributed by atoms with E-state index in [4.69, 9.17) is 10.00 Å². The zero-order chi connectivity index (χ0) is 16.9. The summed E-state index contributed by atoms with van der Waals surface area (Å²) in [5, 5.41) is 19.0. The number of carbonyl (C=O) groups is 1. The van der Waals surface area contributed by atoms with Crippen molar-refractivity contribution >= 4 is 11.6 Å². The highest BCUT2D eigenvalue weighted by Gasteiger charge is 2.21. The Labute approximate surface area is 140 Å². The molecule has 1 N–H and O–H groups in total. The quantitative estimate of drug-likeness (QED) is 0.918. The standard InChI is InChI=1S/C19H18N2O3/c20-12-14-6-8-15(9-7-14)18(22)13-24-17-4-1-3-16(11-17)21-10-2-5-19(21)23/h1,3-4,6-9,11,18,22H,2,5,10,13H2. The molecule has 0 spiro atoms. The van der Waals surface area contributed by atoms with Crippen LogP contribution >= 0.6 is 0 Å². The molecular formula is C19H18N2O3. The lowest BCUT2D eigenvalue weighted by Crippen LogP contribution is -2.23. The number of benzene rings is 2. The minimum Gasteiger partial charge on any atom is -0.490 e. The van der Waals surface area contributed by atoms with Crippen molar-refractivity contribution in [2.24, 2.45) is 0 Å². The van der Waals surface area contributed by atoms with Crippen molar-refractivity contribution in [2.75, 3.05) is 18.1 Å². The smallest absolute Gasteiger partial charge is 0.227 e. The number of aliphatic hydroxyl groups is 1. The third-order valence-corrected chi connectivity index (χ3v) is 4.04. The van der Waals surface area contributed by atoms with E-state index in [2.05, 4.69) is 0 Å². The van der Waals surface area contributed by atoms with Gasteiger partial charge in [-0.1, -0.05) is 18.2 Å². The van der Waals surface area contributed by atoms with Gasteiger partial charge in [-0.3, -0.25) is 4.79 Å². The summed E-state index contributed by atoms with van der Waals surface area (Å²) in [5.74, 6) is 0.740. The highest BCUT2D eigenvalue weighted by atomic mass is 16.5. The van der Waals surface area contributed by atoms with Gasteiger partial charge in [-0.05, 0) is 36.2 Å². The van der Waals surface area contributed by atoms with Crippen molar-refractivity contribution in [1.29, 1.82) is 5.26 Å². The van der Waals surface area contributed by atoms with Crippen LogP contribution in [0.25, 0.3) is 0 Å². The molecule has 122 valence electrons. The van der Waals surface area contributed by atoms with E-state index in [-0.39, 0.29) is 12.5 Å². The van der Waals surface area contributed by atoms with Gasteiger partial charge >= 0.3 is 0 Å². The molecule has 1 amide bonds. The Morgan fingerprint density at radius 1 is 1.25 bits per heavy atom. The zero-order valence-corrected chi connectivity index (χ0v) is 13.2. The van der Waals surface area contributed by atoms with E-state index >= 15 is 0 Å². The van der Waals surface area contributed by atoms with Crippen molar-refractivity contribution < 1.29 is 14.6 Å². The number of anilines is 1. The fourth-order valence-electron chi connectivity index (χ4n) is 2.71. The molecule has 1 saturated heterocycles. The summed E-state index contributed by atoms with van der Waals surface area (Å²) in [6.07, 6.45) is 0.680. The van der Waals surface area contributed by atoms with E-state index in [1.807, 2.05) is 24.3 Å². The summed E-state index contributed by atoms with van der Waals surface area (Å²) in [6, 6.07) is 16.1. The molecule has 0 radical (unpaired) electrons. The van der Waals surface area contributed by atoms with Gasteiger partial charge in [0.1, 0.15) is 18.5 Å². The number of ether oxygens (including phenoxy) is 1. The molecule has 5 heteroatoms. The third-order valence-electron chi connectivity index (χ3n) is 4.04.